The zero-order chi connectivity index (χ0) is 14.1. The Labute approximate surface area is 121 Å². The molecule has 2 heterocycles. The summed E-state index contributed by atoms with van der Waals surface area (Å²) in [6, 6.07) is 8.42. The van der Waals surface area contributed by atoms with Gasteiger partial charge in [0.15, 0.2) is 0 Å². The van der Waals surface area contributed by atoms with Gasteiger partial charge in [0.05, 0.1) is 23.0 Å². The highest BCUT2D eigenvalue weighted by Crippen LogP contribution is 2.26. The van der Waals surface area contributed by atoms with Crippen molar-refractivity contribution in [1.29, 1.82) is 0 Å². The first-order chi connectivity index (χ1) is 9.65. The Morgan fingerprint density at radius 1 is 1.35 bits per heavy atom. The Morgan fingerprint density at radius 2 is 2.20 bits per heavy atom. The van der Waals surface area contributed by atoms with Crippen LogP contribution in [0, 0.1) is 5.82 Å². The molecule has 5 heteroatoms. The molecule has 0 fully saturated rings. The van der Waals surface area contributed by atoms with Crippen molar-refractivity contribution < 1.29 is 4.39 Å². The first-order valence-electron chi connectivity index (χ1n) is 6.34. The van der Waals surface area contributed by atoms with E-state index in [-0.39, 0.29) is 11.2 Å². The van der Waals surface area contributed by atoms with Gasteiger partial charge in [-0.1, -0.05) is 6.07 Å². The standard InChI is InChI=1S/C15H13ClFN3/c1-10(16)15-19-13-5-4-12(17)7-14(13)20(15)9-11-3-2-6-18-8-11/h2-8,10H,9H2,1H3. The minimum absolute atomic E-state index is 0.248. The summed E-state index contributed by atoms with van der Waals surface area (Å²) in [5.41, 5.74) is 2.52. The lowest BCUT2D eigenvalue weighted by Gasteiger charge is -2.10. The monoisotopic (exact) mass is 289 g/mol. The molecule has 0 saturated carbocycles. The molecule has 3 rings (SSSR count). The number of benzene rings is 1. The number of hydrogen-bond donors (Lipinski definition) is 0. The summed E-state index contributed by atoms with van der Waals surface area (Å²) in [6.45, 7) is 2.43. The van der Waals surface area contributed by atoms with E-state index in [0.29, 0.717) is 6.54 Å². The molecule has 0 aliphatic rings. The Balaban J connectivity index is 2.15. The fourth-order valence-electron chi connectivity index (χ4n) is 2.26. The van der Waals surface area contributed by atoms with E-state index in [9.17, 15) is 4.39 Å². The minimum Gasteiger partial charge on any atom is -0.322 e. The summed E-state index contributed by atoms with van der Waals surface area (Å²) in [4.78, 5) is 8.59. The van der Waals surface area contributed by atoms with Gasteiger partial charge in [0, 0.05) is 12.4 Å². The van der Waals surface area contributed by atoms with Crippen LogP contribution in [0.25, 0.3) is 11.0 Å². The Hall–Kier alpha value is -1.94. The third-order valence-corrected chi connectivity index (χ3v) is 3.35. The van der Waals surface area contributed by atoms with Crippen LogP contribution in [0.4, 0.5) is 4.39 Å². The number of aromatic nitrogens is 3. The summed E-state index contributed by atoms with van der Waals surface area (Å²) >= 11 is 6.19. The lowest BCUT2D eigenvalue weighted by atomic mass is 10.2. The van der Waals surface area contributed by atoms with Crippen molar-refractivity contribution in [2.75, 3.05) is 0 Å². The second-order valence-corrected chi connectivity index (χ2v) is 5.32. The van der Waals surface area contributed by atoms with Crippen molar-refractivity contribution in [2.24, 2.45) is 0 Å². The predicted octanol–water partition coefficient (Wildman–Crippen LogP) is 3.92. The van der Waals surface area contributed by atoms with Crippen LogP contribution in [-0.2, 0) is 6.54 Å². The van der Waals surface area contributed by atoms with Gasteiger partial charge < -0.3 is 4.57 Å². The lowest BCUT2D eigenvalue weighted by Crippen LogP contribution is -2.06. The van der Waals surface area contributed by atoms with Gasteiger partial charge in [0.2, 0.25) is 0 Å². The first-order valence-corrected chi connectivity index (χ1v) is 6.77. The van der Waals surface area contributed by atoms with Gasteiger partial charge in [0.25, 0.3) is 0 Å². The average molecular weight is 290 g/mol. The van der Waals surface area contributed by atoms with E-state index < -0.39 is 0 Å². The van der Waals surface area contributed by atoms with E-state index in [1.165, 1.54) is 12.1 Å². The van der Waals surface area contributed by atoms with Gasteiger partial charge >= 0.3 is 0 Å². The molecule has 1 atom stereocenters. The number of imidazole rings is 1. The largest absolute Gasteiger partial charge is 0.322 e. The van der Waals surface area contributed by atoms with Crippen LogP contribution in [0.2, 0.25) is 0 Å². The maximum Gasteiger partial charge on any atom is 0.128 e. The van der Waals surface area contributed by atoms with Crippen LogP contribution < -0.4 is 0 Å². The summed E-state index contributed by atoms with van der Waals surface area (Å²) < 4.78 is 15.4. The maximum absolute atomic E-state index is 13.5. The fraction of sp³-hybridized carbons (Fsp3) is 0.200. The topological polar surface area (TPSA) is 30.7 Å². The Bertz CT molecular complexity index is 737. The Morgan fingerprint density at radius 3 is 2.90 bits per heavy atom. The van der Waals surface area contributed by atoms with Crippen LogP contribution in [-0.4, -0.2) is 14.5 Å². The van der Waals surface area contributed by atoms with E-state index in [4.69, 9.17) is 11.6 Å². The SMILES string of the molecule is CC(Cl)c1nc2ccc(F)cc2n1Cc1cccnc1. The van der Waals surface area contributed by atoms with E-state index in [0.717, 1.165) is 22.4 Å². The Kier molecular flexibility index (Phi) is 3.40. The van der Waals surface area contributed by atoms with Crippen LogP contribution in [0.5, 0.6) is 0 Å². The van der Waals surface area contributed by atoms with E-state index in [1.54, 1.807) is 18.5 Å². The van der Waals surface area contributed by atoms with Crippen molar-refractivity contribution in [3.63, 3.8) is 0 Å². The van der Waals surface area contributed by atoms with Gasteiger partial charge in [-0.05, 0) is 36.8 Å². The van der Waals surface area contributed by atoms with Crippen molar-refractivity contribution in [1.82, 2.24) is 14.5 Å². The minimum atomic E-state index is -0.279. The molecule has 0 radical (unpaired) electrons. The molecule has 0 bridgehead atoms. The second-order valence-electron chi connectivity index (χ2n) is 4.67. The number of alkyl halides is 1. The highest BCUT2D eigenvalue weighted by Gasteiger charge is 2.15. The molecule has 0 spiro atoms. The maximum atomic E-state index is 13.5. The molecular weight excluding hydrogens is 277 g/mol. The van der Waals surface area contributed by atoms with Gasteiger partial charge in [-0.3, -0.25) is 4.98 Å². The highest BCUT2D eigenvalue weighted by atomic mass is 35.5. The molecule has 102 valence electrons. The van der Waals surface area contributed by atoms with Gasteiger partial charge in [-0.25, -0.2) is 9.37 Å². The molecule has 1 unspecified atom stereocenters. The smallest absolute Gasteiger partial charge is 0.128 e. The highest BCUT2D eigenvalue weighted by molar-refractivity contribution is 6.20. The molecule has 0 amide bonds. The predicted molar refractivity (Wildman–Crippen MR) is 77.3 cm³/mol. The molecule has 2 aromatic heterocycles. The van der Waals surface area contributed by atoms with Crippen LogP contribution in [0.1, 0.15) is 23.7 Å². The molecule has 0 aliphatic heterocycles. The number of fused-ring (bicyclic) bond motifs is 1. The van der Waals surface area contributed by atoms with Crippen LogP contribution in [0.15, 0.2) is 42.7 Å². The van der Waals surface area contributed by atoms with E-state index in [1.807, 2.05) is 23.6 Å². The van der Waals surface area contributed by atoms with Gasteiger partial charge in [-0.15, -0.1) is 11.6 Å². The first kappa shape index (κ1) is 13.1. The third kappa shape index (κ3) is 2.39. The van der Waals surface area contributed by atoms with Crippen molar-refractivity contribution in [3.05, 3.63) is 59.9 Å². The molecule has 0 aliphatic carbocycles. The van der Waals surface area contributed by atoms with Gasteiger partial charge in [-0.2, -0.15) is 0 Å². The summed E-state index contributed by atoms with van der Waals surface area (Å²) in [6.07, 6.45) is 3.51. The molecule has 0 saturated heterocycles. The molecule has 3 aromatic rings. The van der Waals surface area contributed by atoms with Crippen molar-refractivity contribution in [3.8, 4) is 0 Å². The summed E-state index contributed by atoms with van der Waals surface area (Å²) in [7, 11) is 0. The molecule has 0 N–H and O–H groups in total. The third-order valence-electron chi connectivity index (χ3n) is 3.16. The normalized spacial score (nSPS) is 12.8. The van der Waals surface area contributed by atoms with Crippen molar-refractivity contribution in [2.45, 2.75) is 18.8 Å². The average Bonchev–Trinajstić information content (AvgIpc) is 2.78. The zero-order valence-electron chi connectivity index (χ0n) is 10.9. The zero-order valence-corrected chi connectivity index (χ0v) is 11.7. The van der Waals surface area contributed by atoms with E-state index in [2.05, 4.69) is 9.97 Å². The van der Waals surface area contributed by atoms with Gasteiger partial charge in [0.1, 0.15) is 11.6 Å². The molecule has 3 nitrogen and oxygen atoms in total. The quantitative estimate of drug-likeness (QED) is 0.684. The summed E-state index contributed by atoms with van der Waals surface area (Å²) in [5.74, 6) is 0.453. The number of pyridine rings is 1. The molecule has 20 heavy (non-hydrogen) atoms. The van der Waals surface area contributed by atoms with E-state index >= 15 is 0 Å². The van der Waals surface area contributed by atoms with Crippen LogP contribution in [0.3, 0.4) is 0 Å². The fourth-order valence-corrected chi connectivity index (χ4v) is 2.43. The number of halogens is 2. The molecule has 1 aromatic carbocycles. The number of nitrogens with zero attached hydrogens (tertiary/aromatic N) is 3. The van der Waals surface area contributed by atoms with Crippen LogP contribution >= 0.6 is 11.6 Å². The number of rotatable bonds is 3. The lowest BCUT2D eigenvalue weighted by molar-refractivity contribution is 0.628. The number of hydrogen-bond acceptors (Lipinski definition) is 2. The molecular formula is C15H13ClFN3. The van der Waals surface area contributed by atoms with Crippen molar-refractivity contribution >= 4 is 22.6 Å². The second kappa shape index (κ2) is 5.21. The summed E-state index contributed by atoms with van der Waals surface area (Å²) in [5, 5.41) is -0.248.